The average molecular weight is 252 g/mol. The van der Waals surface area contributed by atoms with Crippen LogP contribution in [0.1, 0.15) is 30.0 Å². The first-order valence-electron chi connectivity index (χ1n) is 6.96. The smallest absolute Gasteiger partial charge is 0.0352 e. The molecule has 3 rings (SSSR count). The minimum atomic E-state index is 0.517. The van der Waals surface area contributed by atoms with E-state index in [1.54, 1.807) is 0 Å². The third-order valence-electron chi connectivity index (χ3n) is 3.89. The zero-order chi connectivity index (χ0) is 13.1. The van der Waals surface area contributed by atoms with Gasteiger partial charge in [-0.05, 0) is 42.6 Å². The van der Waals surface area contributed by atoms with Gasteiger partial charge in [0.2, 0.25) is 0 Å². The van der Waals surface area contributed by atoms with E-state index in [2.05, 4.69) is 53.4 Å². The summed E-state index contributed by atoms with van der Waals surface area (Å²) in [6.45, 7) is 2.20. The van der Waals surface area contributed by atoms with Crippen LogP contribution in [0.2, 0.25) is 0 Å². The molecule has 1 heterocycles. The first-order chi connectivity index (χ1) is 9.33. The van der Waals surface area contributed by atoms with E-state index in [4.69, 9.17) is 5.73 Å². The number of hydrogen-bond acceptors (Lipinski definition) is 2. The summed E-state index contributed by atoms with van der Waals surface area (Å²) in [6, 6.07) is 19.6. The van der Waals surface area contributed by atoms with Crippen molar-refractivity contribution in [2.45, 2.75) is 25.4 Å². The molecular weight excluding hydrogens is 232 g/mol. The van der Waals surface area contributed by atoms with Crippen molar-refractivity contribution >= 4 is 5.69 Å². The zero-order valence-corrected chi connectivity index (χ0v) is 11.1. The molecule has 0 amide bonds. The quantitative estimate of drug-likeness (QED) is 0.846. The van der Waals surface area contributed by atoms with Crippen molar-refractivity contribution < 1.29 is 0 Å². The fourth-order valence-electron chi connectivity index (χ4n) is 2.98. The maximum atomic E-state index is 5.91. The lowest BCUT2D eigenvalue weighted by atomic mass is 10.0. The molecule has 0 bridgehead atoms. The number of anilines is 1. The molecule has 0 aliphatic carbocycles. The maximum absolute atomic E-state index is 5.91. The van der Waals surface area contributed by atoms with Gasteiger partial charge in [0.15, 0.2) is 0 Å². The van der Waals surface area contributed by atoms with Gasteiger partial charge in [-0.2, -0.15) is 0 Å². The molecule has 2 nitrogen and oxygen atoms in total. The molecule has 2 heteroatoms. The molecule has 19 heavy (non-hydrogen) atoms. The highest BCUT2D eigenvalue weighted by Gasteiger charge is 2.25. The lowest BCUT2D eigenvalue weighted by Crippen LogP contribution is -2.22. The van der Waals surface area contributed by atoms with Crippen LogP contribution in [0, 0.1) is 0 Å². The van der Waals surface area contributed by atoms with Crippen LogP contribution in [0.5, 0.6) is 0 Å². The molecule has 1 saturated heterocycles. The van der Waals surface area contributed by atoms with Gasteiger partial charge in [-0.25, -0.2) is 0 Å². The molecule has 2 aromatic rings. The number of likely N-dealkylation sites (tertiary alicyclic amines) is 1. The average Bonchev–Trinajstić information content (AvgIpc) is 2.88. The summed E-state index contributed by atoms with van der Waals surface area (Å²) in [5.74, 6) is 0. The highest BCUT2D eigenvalue weighted by Crippen LogP contribution is 2.33. The van der Waals surface area contributed by atoms with Crippen LogP contribution in [0.4, 0.5) is 5.69 Å². The second-order valence-corrected chi connectivity index (χ2v) is 5.28. The molecule has 2 aromatic carbocycles. The normalized spacial score (nSPS) is 19.7. The van der Waals surface area contributed by atoms with Crippen molar-refractivity contribution in [1.29, 1.82) is 0 Å². The monoisotopic (exact) mass is 252 g/mol. The Balaban J connectivity index is 1.78. The van der Waals surface area contributed by atoms with Crippen LogP contribution in [0.15, 0.2) is 54.6 Å². The third-order valence-corrected chi connectivity index (χ3v) is 3.89. The lowest BCUT2D eigenvalue weighted by molar-refractivity contribution is 0.248. The van der Waals surface area contributed by atoms with E-state index < -0.39 is 0 Å². The SMILES string of the molecule is Nc1cccc(C2CCCN2Cc2ccccc2)c1. The number of hydrogen-bond donors (Lipinski definition) is 1. The number of benzene rings is 2. The Morgan fingerprint density at radius 1 is 1.05 bits per heavy atom. The van der Waals surface area contributed by atoms with Crippen LogP contribution < -0.4 is 5.73 Å². The van der Waals surface area contributed by atoms with Crippen LogP contribution in [0.3, 0.4) is 0 Å². The molecule has 1 unspecified atom stereocenters. The van der Waals surface area contributed by atoms with E-state index in [0.717, 1.165) is 12.2 Å². The summed E-state index contributed by atoms with van der Waals surface area (Å²) in [5, 5.41) is 0. The van der Waals surface area contributed by atoms with Crippen LogP contribution >= 0.6 is 0 Å². The molecule has 0 radical (unpaired) electrons. The first kappa shape index (κ1) is 12.2. The first-order valence-corrected chi connectivity index (χ1v) is 6.96. The van der Waals surface area contributed by atoms with Gasteiger partial charge in [-0.15, -0.1) is 0 Å². The van der Waals surface area contributed by atoms with Gasteiger partial charge < -0.3 is 5.73 Å². The summed E-state index contributed by atoms with van der Waals surface area (Å²) in [6.07, 6.45) is 2.50. The molecule has 1 atom stereocenters. The highest BCUT2D eigenvalue weighted by atomic mass is 15.2. The van der Waals surface area contributed by atoms with Gasteiger partial charge in [-0.3, -0.25) is 4.90 Å². The Labute approximate surface area is 114 Å². The zero-order valence-electron chi connectivity index (χ0n) is 11.1. The van der Waals surface area contributed by atoms with E-state index in [0.29, 0.717) is 6.04 Å². The van der Waals surface area contributed by atoms with Crippen molar-refractivity contribution in [3.05, 3.63) is 65.7 Å². The molecule has 0 spiro atoms. The molecule has 1 aliphatic heterocycles. The van der Waals surface area contributed by atoms with Crippen molar-refractivity contribution in [2.24, 2.45) is 0 Å². The largest absolute Gasteiger partial charge is 0.399 e. The Kier molecular flexibility index (Phi) is 3.51. The van der Waals surface area contributed by atoms with Gasteiger partial charge in [-0.1, -0.05) is 42.5 Å². The minimum absolute atomic E-state index is 0.517. The molecule has 1 aliphatic rings. The molecule has 0 aromatic heterocycles. The molecule has 1 fully saturated rings. The Hall–Kier alpha value is -1.80. The van der Waals surface area contributed by atoms with E-state index in [9.17, 15) is 0 Å². The summed E-state index contributed by atoms with van der Waals surface area (Å²) >= 11 is 0. The maximum Gasteiger partial charge on any atom is 0.0352 e. The van der Waals surface area contributed by atoms with Crippen molar-refractivity contribution in [2.75, 3.05) is 12.3 Å². The number of nitrogen functional groups attached to an aromatic ring is 1. The second-order valence-electron chi connectivity index (χ2n) is 5.28. The van der Waals surface area contributed by atoms with E-state index in [1.807, 2.05) is 6.07 Å². The van der Waals surface area contributed by atoms with Crippen molar-refractivity contribution in [3.63, 3.8) is 0 Å². The van der Waals surface area contributed by atoms with E-state index in [1.165, 1.54) is 30.5 Å². The summed E-state index contributed by atoms with van der Waals surface area (Å²) in [7, 11) is 0. The van der Waals surface area contributed by atoms with Gasteiger partial charge in [0, 0.05) is 18.3 Å². The topological polar surface area (TPSA) is 29.3 Å². The van der Waals surface area contributed by atoms with E-state index in [-0.39, 0.29) is 0 Å². The predicted molar refractivity (Wildman–Crippen MR) is 79.7 cm³/mol. The van der Waals surface area contributed by atoms with Crippen LogP contribution in [-0.4, -0.2) is 11.4 Å². The van der Waals surface area contributed by atoms with Crippen LogP contribution in [0.25, 0.3) is 0 Å². The number of rotatable bonds is 3. The fourth-order valence-corrected chi connectivity index (χ4v) is 2.98. The standard InChI is InChI=1S/C17H20N2/c18-16-9-4-8-15(12-16)17-10-5-11-19(17)13-14-6-2-1-3-7-14/h1-4,6-9,12,17H,5,10-11,13,18H2. The van der Waals surface area contributed by atoms with Gasteiger partial charge in [0.1, 0.15) is 0 Å². The lowest BCUT2D eigenvalue weighted by Gasteiger charge is -2.25. The number of nitrogens with two attached hydrogens (primary N) is 1. The Bertz CT molecular complexity index is 536. The van der Waals surface area contributed by atoms with Gasteiger partial charge >= 0.3 is 0 Å². The second kappa shape index (κ2) is 5.45. The molecular formula is C17H20N2. The fraction of sp³-hybridized carbons (Fsp3) is 0.294. The van der Waals surface area contributed by atoms with Crippen LogP contribution in [-0.2, 0) is 6.54 Å². The summed E-state index contributed by atoms with van der Waals surface area (Å²) < 4.78 is 0. The number of nitrogens with zero attached hydrogens (tertiary/aromatic N) is 1. The van der Waals surface area contributed by atoms with Gasteiger partial charge in [0.05, 0.1) is 0 Å². The Morgan fingerprint density at radius 2 is 1.89 bits per heavy atom. The predicted octanol–water partition coefficient (Wildman–Crippen LogP) is 3.61. The minimum Gasteiger partial charge on any atom is -0.399 e. The highest BCUT2D eigenvalue weighted by molar-refractivity contribution is 5.42. The van der Waals surface area contributed by atoms with E-state index >= 15 is 0 Å². The van der Waals surface area contributed by atoms with Crippen molar-refractivity contribution in [1.82, 2.24) is 4.90 Å². The Morgan fingerprint density at radius 3 is 2.68 bits per heavy atom. The van der Waals surface area contributed by atoms with Gasteiger partial charge in [0.25, 0.3) is 0 Å². The molecule has 0 saturated carbocycles. The third kappa shape index (κ3) is 2.79. The summed E-state index contributed by atoms with van der Waals surface area (Å²) in [4.78, 5) is 2.56. The molecule has 98 valence electrons. The molecule has 2 N–H and O–H groups in total. The summed E-state index contributed by atoms with van der Waals surface area (Å²) in [5.41, 5.74) is 9.51. The van der Waals surface area contributed by atoms with Crippen molar-refractivity contribution in [3.8, 4) is 0 Å².